The topological polar surface area (TPSA) is 99.5 Å². The molecule has 120 valence electrons. The van der Waals surface area contributed by atoms with Crippen LogP contribution in [0, 0.1) is 0 Å². The Kier molecular flexibility index (Phi) is 4.03. The Labute approximate surface area is 123 Å². The van der Waals surface area contributed by atoms with E-state index < -0.39 is 42.1 Å². The van der Waals surface area contributed by atoms with E-state index in [9.17, 15) is 19.8 Å². The fourth-order valence-corrected chi connectivity index (χ4v) is 2.79. The van der Waals surface area contributed by atoms with Gasteiger partial charge in [-0.05, 0) is 20.8 Å². The molecule has 0 aromatic carbocycles. The van der Waals surface area contributed by atoms with Crippen LogP contribution < -0.4 is 0 Å². The van der Waals surface area contributed by atoms with Gasteiger partial charge in [-0.15, -0.1) is 0 Å². The quantitative estimate of drug-likeness (QED) is 0.725. The number of carbonyl (C=O) groups is 2. The van der Waals surface area contributed by atoms with E-state index in [2.05, 4.69) is 0 Å². The minimum atomic E-state index is -1.13. The van der Waals surface area contributed by atoms with Crippen molar-refractivity contribution >= 4 is 12.2 Å². The number of aliphatic hydroxyl groups excluding tert-OH is 1. The number of hydrogen-bond acceptors (Lipinski definition) is 5. The van der Waals surface area contributed by atoms with Crippen LogP contribution in [0.2, 0.25) is 0 Å². The molecule has 0 aromatic heterocycles. The molecule has 8 nitrogen and oxygen atoms in total. The molecular formula is C13H22N2O6. The van der Waals surface area contributed by atoms with E-state index in [0.717, 1.165) is 4.90 Å². The first-order chi connectivity index (χ1) is 9.61. The molecule has 2 fully saturated rings. The van der Waals surface area contributed by atoms with Crippen LogP contribution in [-0.2, 0) is 9.47 Å². The Morgan fingerprint density at radius 2 is 2.00 bits per heavy atom. The first-order valence-electron chi connectivity index (χ1n) is 6.87. The van der Waals surface area contributed by atoms with Crippen molar-refractivity contribution in [3.8, 4) is 0 Å². The summed E-state index contributed by atoms with van der Waals surface area (Å²) in [6.45, 7) is 5.44. The predicted molar refractivity (Wildman–Crippen MR) is 72.1 cm³/mol. The van der Waals surface area contributed by atoms with Crippen LogP contribution in [0.3, 0.4) is 0 Å². The maximum absolute atomic E-state index is 12.1. The van der Waals surface area contributed by atoms with Crippen molar-refractivity contribution in [1.29, 1.82) is 0 Å². The van der Waals surface area contributed by atoms with Gasteiger partial charge in [0.25, 0.3) is 0 Å². The van der Waals surface area contributed by atoms with E-state index in [0.29, 0.717) is 0 Å². The lowest BCUT2D eigenvalue weighted by Crippen LogP contribution is -2.47. The molecular weight excluding hydrogens is 280 g/mol. The summed E-state index contributed by atoms with van der Waals surface area (Å²) in [7, 11) is 1.55. The Bertz CT molecular complexity index is 435. The van der Waals surface area contributed by atoms with Crippen molar-refractivity contribution in [2.24, 2.45) is 0 Å². The molecule has 2 rings (SSSR count). The van der Waals surface area contributed by atoms with Gasteiger partial charge in [-0.3, -0.25) is 4.90 Å². The van der Waals surface area contributed by atoms with E-state index in [1.54, 1.807) is 27.8 Å². The number of likely N-dealkylation sites (N-methyl/N-ethyl adjacent to an activating group) is 1. The minimum Gasteiger partial charge on any atom is -0.465 e. The zero-order valence-corrected chi connectivity index (χ0v) is 12.6. The summed E-state index contributed by atoms with van der Waals surface area (Å²) in [6, 6.07) is -1.12. The Balaban J connectivity index is 2.13. The highest BCUT2D eigenvalue weighted by molar-refractivity contribution is 5.70. The summed E-state index contributed by atoms with van der Waals surface area (Å²) in [5, 5.41) is 19.1. The molecule has 0 radical (unpaired) electrons. The molecule has 8 heteroatoms. The summed E-state index contributed by atoms with van der Waals surface area (Å²) >= 11 is 0. The van der Waals surface area contributed by atoms with Gasteiger partial charge in [0.2, 0.25) is 0 Å². The van der Waals surface area contributed by atoms with Crippen LogP contribution >= 0.6 is 0 Å². The molecule has 0 bridgehead atoms. The van der Waals surface area contributed by atoms with Gasteiger partial charge < -0.3 is 24.6 Å². The van der Waals surface area contributed by atoms with E-state index in [-0.39, 0.29) is 13.2 Å². The zero-order chi connectivity index (χ0) is 15.9. The molecule has 0 saturated carbocycles. The number of nitrogens with zero attached hydrogens (tertiary/aromatic N) is 2. The Morgan fingerprint density at radius 1 is 1.38 bits per heavy atom. The summed E-state index contributed by atoms with van der Waals surface area (Å²) in [6.07, 6.45) is -3.07. The maximum Gasteiger partial charge on any atom is 0.410 e. The van der Waals surface area contributed by atoms with E-state index in [1.165, 1.54) is 4.90 Å². The molecule has 2 heterocycles. The van der Waals surface area contributed by atoms with Crippen LogP contribution in [0.25, 0.3) is 0 Å². The fourth-order valence-electron chi connectivity index (χ4n) is 2.79. The molecule has 4 atom stereocenters. The van der Waals surface area contributed by atoms with Gasteiger partial charge in [0.1, 0.15) is 17.8 Å². The van der Waals surface area contributed by atoms with Gasteiger partial charge in [0.15, 0.2) is 0 Å². The van der Waals surface area contributed by atoms with Crippen molar-refractivity contribution < 1.29 is 29.3 Å². The average molecular weight is 302 g/mol. The number of aliphatic hydroxyl groups is 1. The van der Waals surface area contributed by atoms with Crippen molar-refractivity contribution in [3.05, 3.63) is 0 Å². The third-order valence-electron chi connectivity index (χ3n) is 3.74. The van der Waals surface area contributed by atoms with Crippen LogP contribution in [0.4, 0.5) is 9.59 Å². The average Bonchev–Trinajstić information content (AvgIpc) is 2.87. The lowest BCUT2D eigenvalue weighted by Gasteiger charge is -2.30. The first kappa shape index (κ1) is 15.8. The van der Waals surface area contributed by atoms with Gasteiger partial charge in [0.05, 0.1) is 18.7 Å². The normalized spacial score (nSPS) is 32.0. The molecule has 2 amide bonds. The van der Waals surface area contributed by atoms with Crippen LogP contribution in [0.5, 0.6) is 0 Å². The van der Waals surface area contributed by atoms with E-state index in [1.807, 2.05) is 0 Å². The fraction of sp³-hybridized carbons (Fsp3) is 0.846. The summed E-state index contributed by atoms with van der Waals surface area (Å²) < 4.78 is 10.8. The minimum absolute atomic E-state index is 0.0672. The highest BCUT2D eigenvalue weighted by atomic mass is 16.6. The van der Waals surface area contributed by atoms with Crippen molar-refractivity contribution in [3.63, 3.8) is 0 Å². The van der Waals surface area contributed by atoms with Crippen molar-refractivity contribution in [2.45, 2.75) is 50.7 Å². The molecule has 2 saturated heterocycles. The standard InChI is InChI=1S/C13H22N2O6/c1-13(2,3)21-12(19)14(4)7-5-15(11(17)18)9-8(16)6-20-10(7)9/h7-10,16H,5-6H2,1-4H3,(H,17,18). The Hall–Kier alpha value is -1.54. The molecule has 21 heavy (non-hydrogen) atoms. The molecule has 0 spiro atoms. The second kappa shape index (κ2) is 5.34. The first-order valence-corrected chi connectivity index (χ1v) is 6.87. The third-order valence-corrected chi connectivity index (χ3v) is 3.74. The molecule has 0 aliphatic carbocycles. The SMILES string of the molecule is CN(C(=O)OC(C)(C)C)C1CN(C(=O)O)C2C(O)COC12. The van der Waals surface area contributed by atoms with Gasteiger partial charge in [-0.1, -0.05) is 0 Å². The van der Waals surface area contributed by atoms with Gasteiger partial charge in [0, 0.05) is 13.6 Å². The summed E-state index contributed by atoms with van der Waals surface area (Å²) in [5.41, 5.74) is -0.633. The number of fused-ring (bicyclic) bond motifs is 1. The monoisotopic (exact) mass is 302 g/mol. The Morgan fingerprint density at radius 3 is 2.52 bits per heavy atom. The summed E-state index contributed by atoms with van der Waals surface area (Å²) in [4.78, 5) is 25.9. The number of hydrogen-bond donors (Lipinski definition) is 2. The lowest BCUT2D eigenvalue weighted by atomic mass is 10.1. The van der Waals surface area contributed by atoms with Crippen LogP contribution in [0.15, 0.2) is 0 Å². The second-order valence-corrected chi connectivity index (χ2v) is 6.45. The predicted octanol–water partition coefficient (Wildman–Crippen LogP) is 0.344. The van der Waals surface area contributed by atoms with Gasteiger partial charge >= 0.3 is 12.2 Å². The number of amides is 2. The largest absolute Gasteiger partial charge is 0.465 e. The van der Waals surface area contributed by atoms with Gasteiger partial charge in [-0.2, -0.15) is 0 Å². The third kappa shape index (κ3) is 3.06. The molecule has 4 unspecified atom stereocenters. The molecule has 2 aliphatic heterocycles. The second-order valence-electron chi connectivity index (χ2n) is 6.45. The van der Waals surface area contributed by atoms with E-state index in [4.69, 9.17) is 9.47 Å². The smallest absolute Gasteiger partial charge is 0.410 e. The molecule has 0 aromatic rings. The summed E-state index contributed by atoms with van der Waals surface area (Å²) in [5.74, 6) is 0. The van der Waals surface area contributed by atoms with Crippen LogP contribution in [0.1, 0.15) is 20.8 Å². The highest BCUT2D eigenvalue weighted by Gasteiger charge is 2.54. The number of carbonyl (C=O) groups excluding carboxylic acids is 1. The van der Waals surface area contributed by atoms with Crippen molar-refractivity contribution in [1.82, 2.24) is 9.80 Å². The molecule has 2 aliphatic rings. The van der Waals surface area contributed by atoms with Crippen LogP contribution in [-0.4, -0.2) is 82.3 Å². The lowest BCUT2D eigenvalue weighted by molar-refractivity contribution is 0.00119. The number of ether oxygens (including phenoxy) is 2. The number of rotatable bonds is 1. The van der Waals surface area contributed by atoms with Gasteiger partial charge in [-0.25, -0.2) is 9.59 Å². The maximum atomic E-state index is 12.1. The van der Waals surface area contributed by atoms with E-state index >= 15 is 0 Å². The number of likely N-dealkylation sites (tertiary alicyclic amines) is 1. The number of carboxylic acid groups (broad SMARTS) is 1. The molecule has 2 N–H and O–H groups in total. The zero-order valence-electron chi connectivity index (χ0n) is 12.6. The highest BCUT2D eigenvalue weighted by Crippen LogP contribution is 2.32. The van der Waals surface area contributed by atoms with Crippen molar-refractivity contribution in [2.75, 3.05) is 20.2 Å².